The van der Waals surface area contributed by atoms with Gasteiger partial charge in [-0.2, -0.15) is 11.8 Å². The maximum absolute atomic E-state index is 14.3. The minimum atomic E-state index is -0.938. The molecular weight excluding hydrogens is 546 g/mol. The predicted molar refractivity (Wildman–Crippen MR) is 166 cm³/mol. The van der Waals surface area contributed by atoms with Crippen LogP contribution in [0.3, 0.4) is 0 Å². The van der Waals surface area contributed by atoms with Gasteiger partial charge >= 0.3 is 6.09 Å². The van der Waals surface area contributed by atoms with Crippen LogP contribution in [0.2, 0.25) is 5.02 Å². The van der Waals surface area contributed by atoms with E-state index in [1.807, 2.05) is 64.3 Å². The lowest BCUT2D eigenvalue weighted by molar-refractivity contribution is -0.141. The van der Waals surface area contributed by atoms with Gasteiger partial charge in [-0.05, 0) is 89.1 Å². The fourth-order valence-electron chi connectivity index (χ4n) is 4.33. The van der Waals surface area contributed by atoms with E-state index in [2.05, 4.69) is 10.6 Å². The molecule has 0 saturated heterocycles. The van der Waals surface area contributed by atoms with Crippen molar-refractivity contribution in [3.63, 3.8) is 0 Å². The quantitative estimate of drug-likeness (QED) is 0.273. The molecule has 0 aromatic heterocycles. The molecule has 3 amide bonds. The van der Waals surface area contributed by atoms with E-state index < -0.39 is 23.8 Å². The van der Waals surface area contributed by atoms with Crippen molar-refractivity contribution in [1.29, 1.82) is 0 Å². The van der Waals surface area contributed by atoms with Crippen molar-refractivity contribution < 1.29 is 19.1 Å². The Kier molecular flexibility index (Phi) is 12.8. The SMILES string of the molecule is CCCCN(C(=O)C(CCSC)NC(=O)OC(C)(C)C)C(C(=O)Nc1c(C)cccc1Cl)c1cc(C)ccc1C. The number of ether oxygens (including phenoxy) is 1. The molecule has 2 atom stereocenters. The standard InChI is InChI=1S/C31H44ClN3O4S/c1-9-10-17-35(29(37)25(16-18-40-8)33-30(38)39-31(5,6)7)27(23-19-20(2)14-15-21(23)3)28(36)34-26-22(4)12-11-13-24(26)32/h11-15,19,25,27H,9-10,16-18H2,1-8H3,(H,33,38)(H,34,36). The van der Waals surface area contributed by atoms with E-state index in [9.17, 15) is 14.4 Å². The second-order valence-corrected chi connectivity index (χ2v) is 12.4. The number of unbranched alkanes of at least 4 members (excludes halogenated alkanes) is 1. The lowest BCUT2D eigenvalue weighted by atomic mass is 9.95. The molecule has 2 aromatic carbocycles. The number of rotatable bonds is 12. The second-order valence-electron chi connectivity index (χ2n) is 11.0. The lowest BCUT2D eigenvalue weighted by Gasteiger charge is -2.35. The maximum Gasteiger partial charge on any atom is 0.408 e. The number of amides is 3. The molecule has 0 aliphatic carbocycles. The molecule has 0 bridgehead atoms. The van der Waals surface area contributed by atoms with Crippen LogP contribution in [0.1, 0.15) is 75.3 Å². The number of aryl methyl sites for hydroxylation is 3. The van der Waals surface area contributed by atoms with Gasteiger partial charge in [-0.15, -0.1) is 0 Å². The Morgan fingerprint density at radius 3 is 2.38 bits per heavy atom. The van der Waals surface area contributed by atoms with Crippen LogP contribution in [0, 0.1) is 20.8 Å². The van der Waals surface area contributed by atoms with Crippen LogP contribution >= 0.6 is 23.4 Å². The van der Waals surface area contributed by atoms with E-state index in [0.717, 1.165) is 28.7 Å². The Morgan fingerprint density at radius 1 is 1.07 bits per heavy atom. The number of hydrogen-bond donors (Lipinski definition) is 2. The second kappa shape index (κ2) is 15.3. The van der Waals surface area contributed by atoms with Crippen LogP contribution in [0.15, 0.2) is 36.4 Å². The minimum Gasteiger partial charge on any atom is -0.444 e. The van der Waals surface area contributed by atoms with Crippen molar-refractivity contribution in [3.8, 4) is 0 Å². The Morgan fingerprint density at radius 2 is 1.77 bits per heavy atom. The van der Waals surface area contributed by atoms with Gasteiger partial charge in [-0.1, -0.05) is 60.8 Å². The number of benzene rings is 2. The summed E-state index contributed by atoms with van der Waals surface area (Å²) in [6.07, 6.45) is 3.19. The summed E-state index contributed by atoms with van der Waals surface area (Å²) in [5.41, 5.74) is 3.20. The molecule has 7 nitrogen and oxygen atoms in total. The van der Waals surface area contributed by atoms with Crippen LogP contribution in [0.5, 0.6) is 0 Å². The molecule has 0 heterocycles. The highest BCUT2D eigenvalue weighted by molar-refractivity contribution is 7.98. The van der Waals surface area contributed by atoms with Crippen molar-refractivity contribution in [1.82, 2.24) is 10.2 Å². The third kappa shape index (κ3) is 9.73. The molecule has 9 heteroatoms. The Labute approximate surface area is 248 Å². The smallest absolute Gasteiger partial charge is 0.408 e. The summed E-state index contributed by atoms with van der Waals surface area (Å²) in [6, 6.07) is 9.51. The number of nitrogens with one attached hydrogen (secondary N) is 2. The fraction of sp³-hybridized carbons (Fsp3) is 0.516. The highest BCUT2D eigenvalue weighted by Crippen LogP contribution is 2.31. The average molecular weight is 590 g/mol. The molecule has 2 unspecified atom stereocenters. The number of carbonyl (C=O) groups excluding carboxylic acids is 3. The van der Waals surface area contributed by atoms with Crippen molar-refractivity contribution in [2.45, 2.75) is 85.4 Å². The van der Waals surface area contributed by atoms with E-state index >= 15 is 0 Å². The summed E-state index contributed by atoms with van der Waals surface area (Å²) in [5, 5.41) is 6.21. The molecule has 0 fully saturated rings. The van der Waals surface area contributed by atoms with Crippen LogP contribution in [-0.2, 0) is 14.3 Å². The van der Waals surface area contributed by atoms with E-state index in [0.29, 0.717) is 35.8 Å². The first kappa shape index (κ1) is 33.5. The van der Waals surface area contributed by atoms with Gasteiger partial charge in [-0.25, -0.2) is 4.79 Å². The van der Waals surface area contributed by atoms with E-state index in [1.165, 1.54) is 0 Å². The van der Waals surface area contributed by atoms with Crippen molar-refractivity contribution >= 4 is 47.0 Å². The van der Waals surface area contributed by atoms with Gasteiger partial charge in [0.05, 0.1) is 10.7 Å². The zero-order chi connectivity index (χ0) is 30.0. The summed E-state index contributed by atoms with van der Waals surface area (Å²) < 4.78 is 5.47. The molecule has 220 valence electrons. The van der Waals surface area contributed by atoms with Crippen LogP contribution in [-0.4, -0.2) is 53.0 Å². The Balaban J connectivity index is 2.61. The van der Waals surface area contributed by atoms with Gasteiger partial charge in [0.1, 0.15) is 17.7 Å². The first-order chi connectivity index (χ1) is 18.8. The largest absolute Gasteiger partial charge is 0.444 e. The van der Waals surface area contributed by atoms with Gasteiger partial charge in [0.2, 0.25) is 5.91 Å². The number of alkyl carbamates (subject to hydrolysis) is 1. The molecular formula is C31H44ClN3O4S. The maximum atomic E-state index is 14.3. The van der Waals surface area contributed by atoms with Gasteiger partial charge in [0.25, 0.3) is 5.91 Å². The minimum absolute atomic E-state index is 0.328. The molecule has 0 aliphatic rings. The van der Waals surface area contributed by atoms with Crippen LogP contribution < -0.4 is 10.6 Å². The zero-order valence-electron chi connectivity index (χ0n) is 25.0. The van der Waals surface area contributed by atoms with Crippen molar-refractivity contribution in [3.05, 3.63) is 63.7 Å². The number of halogens is 1. The number of hydrogen-bond acceptors (Lipinski definition) is 5. The summed E-state index contributed by atoms with van der Waals surface area (Å²) in [7, 11) is 0. The highest BCUT2D eigenvalue weighted by atomic mass is 35.5. The molecule has 2 rings (SSSR count). The number of thioether (sulfide) groups is 1. The van der Waals surface area contributed by atoms with Gasteiger partial charge in [0, 0.05) is 6.54 Å². The topological polar surface area (TPSA) is 87.7 Å². The molecule has 2 N–H and O–H groups in total. The number of para-hydroxylation sites is 1. The third-order valence-electron chi connectivity index (χ3n) is 6.39. The van der Waals surface area contributed by atoms with Gasteiger partial charge < -0.3 is 20.3 Å². The van der Waals surface area contributed by atoms with Crippen LogP contribution in [0.4, 0.5) is 10.5 Å². The first-order valence-electron chi connectivity index (χ1n) is 13.7. The third-order valence-corrected chi connectivity index (χ3v) is 7.35. The van der Waals surface area contributed by atoms with Crippen molar-refractivity contribution in [2.75, 3.05) is 23.9 Å². The molecule has 0 aliphatic heterocycles. The summed E-state index contributed by atoms with van der Waals surface area (Å²) in [5.74, 6) is -0.0481. The zero-order valence-corrected chi connectivity index (χ0v) is 26.6. The van der Waals surface area contributed by atoms with E-state index in [1.54, 1.807) is 43.5 Å². The molecule has 0 saturated carbocycles. The van der Waals surface area contributed by atoms with Crippen molar-refractivity contribution in [2.24, 2.45) is 0 Å². The Hall–Kier alpha value is -2.71. The normalized spacial score (nSPS) is 12.8. The van der Waals surface area contributed by atoms with E-state index in [-0.39, 0.29) is 11.8 Å². The average Bonchev–Trinajstić information content (AvgIpc) is 2.86. The summed E-state index contributed by atoms with van der Waals surface area (Å²) in [4.78, 5) is 42.8. The predicted octanol–water partition coefficient (Wildman–Crippen LogP) is 7.22. The molecule has 0 radical (unpaired) electrons. The fourth-order valence-corrected chi connectivity index (χ4v) is 5.07. The molecule has 0 spiro atoms. The monoisotopic (exact) mass is 589 g/mol. The number of carbonyl (C=O) groups is 3. The molecule has 2 aromatic rings. The van der Waals surface area contributed by atoms with Gasteiger partial charge in [0.15, 0.2) is 0 Å². The summed E-state index contributed by atoms with van der Waals surface area (Å²) >= 11 is 8.05. The molecule has 40 heavy (non-hydrogen) atoms. The number of anilines is 1. The lowest BCUT2D eigenvalue weighted by Crippen LogP contribution is -2.53. The highest BCUT2D eigenvalue weighted by Gasteiger charge is 2.37. The Bertz CT molecular complexity index is 1160. The first-order valence-corrected chi connectivity index (χ1v) is 15.5. The summed E-state index contributed by atoms with van der Waals surface area (Å²) in [6.45, 7) is 13.5. The number of nitrogens with zero attached hydrogens (tertiary/aromatic N) is 1. The van der Waals surface area contributed by atoms with E-state index in [4.69, 9.17) is 16.3 Å². The van der Waals surface area contributed by atoms with Gasteiger partial charge in [-0.3, -0.25) is 9.59 Å². The van der Waals surface area contributed by atoms with Crippen LogP contribution in [0.25, 0.3) is 0 Å².